The Morgan fingerprint density at radius 3 is 1.72 bits per heavy atom. The van der Waals surface area contributed by atoms with E-state index in [1.54, 1.807) is 11.3 Å². The van der Waals surface area contributed by atoms with Gasteiger partial charge in [0.15, 0.2) is 17.5 Å². The van der Waals surface area contributed by atoms with Crippen molar-refractivity contribution in [2.45, 2.75) is 0 Å². The third kappa shape index (κ3) is 4.98. The van der Waals surface area contributed by atoms with Gasteiger partial charge in [0.25, 0.3) is 0 Å². The van der Waals surface area contributed by atoms with Crippen LogP contribution in [-0.4, -0.2) is 19.5 Å². The number of benzene rings is 8. The van der Waals surface area contributed by atoms with E-state index >= 15 is 0 Å². The summed E-state index contributed by atoms with van der Waals surface area (Å²) in [6.07, 6.45) is 0. The van der Waals surface area contributed by atoms with Gasteiger partial charge in [-0.2, -0.15) is 0 Å². The summed E-state index contributed by atoms with van der Waals surface area (Å²) < 4.78 is 11.5. The summed E-state index contributed by atoms with van der Waals surface area (Å²) in [5, 5.41) is 6.94. The molecule has 0 aliphatic carbocycles. The minimum absolute atomic E-state index is 0.592. The Morgan fingerprint density at radius 1 is 0.386 bits per heavy atom. The number of nitrogens with zero attached hydrogens (tertiary/aromatic N) is 4. The van der Waals surface area contributed by atoms with Gasteiger partial charge in [0.1, 0.15) is 11.2 Å². The highest BCUT2D eigenvalue weighted by Gasteiger charge is 2.22. The fourth-order valence-electron chi connectivity index (χ4n) is 8.56. The fraction of sp³-hybridized carbons (Fsp3) is 0. The molecule has 0 aliphatic heterocycles. The minimum atomic E-state index is 0.592. The van der Waals surface area contributed by atoms with E-state index in [0.29, 0.717) is 17.5 Å². The maximum Gasteiger partial charge on any atom is 0.164 e. The van der Waals surface area contributed by atoms with E-state index in [4.69, 9.17) is 19.4 Å². The normalized spacial score (nSPS) is 11.9. The second kappa shape index (κ2) is 12.6. The molecule has 12 aromatic rings. The van der Waals surface area contributed by atoms with Crippen molar-refractivity contribution >= 4 is 75.3 Å². The number of fused-ring (bicyclic) bond motifs is 9. The van der Waals surface area contributed by atoms with Gasteiger partial charge in [-0.25, -0.2) is 15.0 Å². The molecule has 0 spiro atoms. The van der Waals surface area contributed by atoms with Gasteiger partial charge in [0.05, 0.1) is 16.7 Å². The van der Waals surface area contributed by atoms with Gasteiger partial charge in [-0.05, 0) is 48.0 Å². The van der Waals surface area contributed by atoms with Crippen LogP contribution < -0.4 is 0 Å². The summed E-state index contributed by atoms with van der Waals surface area (Å²) in [7, 11) is 0. The summed E-state index contributed by atoms with van der Waals surface area (Å²) in [5.41, 5.74) is 9.94. The van der Waals surface area contributed by atoms with Gasteiger partial charge in [-0.3, -0.25) is 0 Å². The van der Waals surface area contributed by atoms with E-state index in [9.17, 15) is 0 Å². The van der Waals surface area contributed by atoms with E-state index < -0.39 is 0 Å². The Bertz CT molecular complexity index is 3490. The molecular formula is C51H30N4OS. The molecule has 0 fully saturated rings. The molecule has 0 N–H and O–H groups in total. The van der Waals surface area contributed by atoms with Crippen LogP contribution >= 0.6 is 11.3 Å². The minimum Gasteiger partial charge on any atom is -0.456 e. The smallest absolute Gasteiger partial charge is 0.164 e. The summed E-state index contributed by atoms with van der Waals surface area (Å²) >= 11 is 1.79. The molecule has 0 radical (unpaired) electrons. The van der Waals surface area contributed by atoms with Crippen molar-refractivity contribution in [1.82, 2.24) is 19.5 Å². The maximum absolute atomic E-state index is 6.68. The van der Waals surface area contributed by atoms with Crippen LogP contribution in [0, 0.1) is 0 Å². The fourth-order valence-corrected chi connectivity index (χ4v) is 9.71. The molecule has 0 saturated heterocycles. The predicted molar refractivity (Wildman–Crippen MR) is 236 cm³/mol. The third-order valence-corrected chi connectivity index (χ3v) is 12.2. The number of hydrogen-bond donors (Lipinski definition) is 0. The van der Waals surface area contributed by atoms with Crippen LogP contribution in [0.4, 0.5) is 0 Å². The first-order valence-corrected chi connectivity index (χ1v) is 19.8. The number of para-hydroxylation sites is 3. The highest BCUT2D eigenvalue weighted by molar-refractivity contribution is 7.25. The lowest BCUT2D eigenvalue weighted by Gasteiger charge is -2.15. The first-order chi connectivity index (χ1) is 28.3. The quantitative estimate of drug-likeness (QED) is 0.176. The molecule has 0 unspecified atom stereocenters. The van der Waals surface area contributed by atoms with Gasteiger partial charge in [0, 0.05) is 64.0 Å². The van der Waals surface area contributed by atoms with Crippen molar-refractivity contribution in [2.75, 3.05) is 0 Å². The van der Waals surface area contributed by atoms with Crippen LogP contribution in [0.2, 0.25) is 0 Å². The number of hydrogen-bond acceptors (Lipinski definition) is 5. The van der Waals surface area contributed by atoms with Crippen LogP contribution in [-0.2, 0) is 0 Å². The van der Waals surface area contributed by atoms with E-state index in [1.807, 2.05) is 30.3 Å². The van der Waals surface area contributed by atoms with Crippen LogP contribution in [0.5, 0.6) is 0 Å². The largest absolute Gasteiger partial charge is 0.456 e. The van der Waals surface area contributed by atoms with Crippen molar-refractivity contribution in [2.24, 2.45) is 0 Å². The lowest BCUT2D eigenvalue weighted by atomic mass is 9.95. The zero-order valence-electron chi connectivity index (χ0n) is 30.4. The van der Waals surface area contributed by atoms with Crippen molar-refractivity contribution in [3.63, 3.8) is 0 Å². The summed E-state index contributed by atoms with van der Waals surface area (Å²) in [5.74, 6) is 1.84. The van der Waals surface area contributed by atoms with Crippen LogP contribution in [0.25, 0.3) is 115 Å². The zero-order chi connectivity index (χ0) is 37.5. The Morgan fingerprint density at radius 2 is 0.947 bits per heavy atom. The lowest BCUT2D eigenvalue weighted by molar-refractivity contribution is 0.669. The van der Waals surface area contributed by atoms with E-state index in [1.165, 1.54) is 30.9 Å². The van der Waals surface area contributed by atoms with Crippen LogP contribution in [0.3, 0.4) is 0 Å². The zero-order valence-corrected chi connectivity index (χ0v) is 31.2. The number of aromatic nitrogens is 4. The second-order valence-corrected chi connectivity index (χ2v) is 15.4. The Kier molecular flexibility index (Phi) is 7.03. The van der Waals surface area contributed by atoms with Crippen molar-refractivity contribution in [1.29, 1.82) is 0 Å². The number of rotatable bonds is 5. The summed E-state index contributed by atoms with van der Waals surface area (Å²) in [4.78, 5) is 15.6. The average Bonchev–Trinajstić information content (AvgIpc) is 3.96. The molecule has 0 atom stereocenters. The summed E-state index contributed by atoms with van der Waals surface area (Å²) in [6, 6.07) is 63.7. The van der Waals surface area contributed by atoms with E-state index in [0.717, 1.165) is 66.5 Å². The van der Waals surface area contributed by atoms with E-state index in [2.05, 4.69) is 156 Å². The molecule has 5 nitrogen and oxygen atoms in total. The Labute approximate surface area is 330 Å². The number of furan rings is 1. The van der Waals surface area contributed by atoms with Gasteiger partial charge in [-0.1, -0.05) is 140 Å². The standard InChI is InChI=1S/C51H30N4OS/c1-2-14-31(15-3-1)49-52-50(32-28-29-37-36-19-7-11-27-45(36)57-46(37)30-32)54-51(53-49)39-21-13-26-44-48(39)47-38(20-12-25-43(47)56-44)35-18-6-10-24-42(35)55-40-22-8-4-16-33(40)34-17-5-9-23-41(34)55/h1-30H. The third-order valence-electron chi connectivity index (χ3n) is 11.1. The van der Waals surface area contributed by atoms with Crippen molar-refractivity contribution in [3.05, 3.63) is 182 Å². The summed E-state index contributed by atoms with van der Waals surface area (Å²) in [6.45, 7) is 0. The van der Waals surface area contributed by atoms with Crippen molar-refractivity contribution < 1.29 is 4.42 Å². The van der Waals surface area contributed by atoms with Gasteiger partial charge >= 0.3 is 0 Å². The highest BCUT2D eigenvalue weighted by atomic mass is 32.1. The molecule has 0 saturated carbocycles. The topological polar surface area (TPSA) is 56.7 Å². The van der Waals surface area contributed by atoms with Crippen LogP contribution in [0.15, 0.2) is 186 Å². The Balaban J connectivity index is 1.11. The van der Waals surface area contributed by atoms with Gasteiger partial charge in [0.2, 0.25) is 0 Å². The SMILES string of the molecule is c1ccc(-c2nc(-c3ccc4c(c3)sc3ccccc34)nc(-c3cccc4oc5cccc(-c6ccccc6-n6c7ccccc7c7ccccc76)c5c34)n2)cc1. The van der Waals surface area contributed by atoms with Gasteiger partial charge < -0.3 is 8.98 Å². The lowest BCUT2D eigenvalue weighted by Crippen LogP contribution is -2.00. The van der Waals surface area contributed by atoms with Crippen molar-refractivity contribution in [3.8, 4) is 51.0 Å². The van der Waals surface area contributed by atoms with Gasteiger partial charge in [-0.15, -0.1) is 11.3 Å². The second-order valence-electron chi connectivity index (χ2n) is 14.3. The average molecular weight is 747 g/mol. The molecule has 266 valence electrons. The highest BCUT2D eigenvalue weighted by Crippen LogP contribution is 2.44. The molecular weight excluding hydrogens is 717 g/mol. The molecule has 12 rings (SSSR count). The molecule has 4 aromatic heterocycles. The Hall–Kier alpha value is -7.41. The molecule has 4 heterocycles. The monoisotopic (exact) mass is 746 g/mol. The first-order valence-electron chi connectivity index (χ1n) is 19.0. The number of thiophene rings is 1. The molecule has 0 bridgehead atoms. The molecule has 6 heteroatoms. The van der Waals surface area contributed by atoms with E-state index in [-0.39, 0.29) is 0 Å². The molecule has 57 heavy (non-hydrogen) atoms. The molecule has 0 aliphatic rings. The maximum atomic E-state index is 6.68. The van der Waals surface area contributed by atoms with Crippen LogP contribution in [0.1, 0.15) is 0 Å². The molecule has 0 amide bonds. The first kappa shape index (κ1) is 31.9. The predicted octanol–water partition coefficient (Wildman–Crippen LogP) is 13.9. The molecule has 8 aromatic carbocycles.